The van der Waals surface area contributed by atoms with Gasteiger partial charge >= 0.3 is 5.17 Å². The molecule has 0 aliphatic heterocycles. The zero-order valence-electron chi connectivity index (χ0n) is 7.11. The molecule has 0 aromatic heterocycles. The minimum Gasteiger partial charge on any atom is -0.504 e. The van der Waals surface area contributed by atoms with Gasteiger partial charge in [-0.2, -0.15) is 0 Å². The number of benzene rings is 1. The normalized spacial score (nSPS) is 9.92. The Morgan fingerprint density at radius 2 is 1.92 bits per heavy atom. The summed E-state index contributed by atoms with van der Waals surface area (Å²) in [6.07, 6.45) is 0. The molecule has 0 bridgehead atoms. The summed E-state index contributed by atoms with van der Waals surface area (Å²) in [4.78, 5) is 0.732. The molecule has 6 N–H and O–H groups in total. The molecule has 0 radical (unpaired) electrons. The first-order valence-electron chi connectivity index (χ1n) is 3.59. The number of rotatable bonds is 1. The number of aryl methyl sites for hydroxylation is 1. The van der Waals surface area contributed by atoms with E-state index in [4.69, 9.17) is 16.2 Å². The quantitative estimate of drug-likeness (QED) is 0.214. The number of phenols is 2. The van der Waals surface area contributed by atoms with E-state index in [9.17, 15) is 5.11 Å². The lowest BCUT2D eigenvalue weighted by Gasteiger charge is -2.04. The van der Waals surface area contributed by atoms with Gasteiger partial charge in [-0.05, 0) is 36.4 Å². The summed E-state index contributed by atoms with van der Waals surface area (Å²) in [5.74, 6) is -0.313. The van der Waals surface area contributed by atoms with Gasteiger partial charge in [0.1, 0.15) is 0 Å². The van der Waals surface area contributed by atoms with E-state index in [-0.39, 0.29) is 16.7 Å². The summed E-state index contributed by atoms with van der Waals surface area (Å²) >= 11 is 1.15. The number of hydrogen-bond acceptors (Lipinski definition) is 3. The van der Waals surface area contributed by atoms with Crippen molar-refractivity contribution >= 4 is 16.9 Å². The third-order valence-corrected chi connectivity index (χ3v) is 2.40. The second-order valence-electron chi connectivity index (χ2n) is 2.61. The Labute approximate surface area is 79.9 Å². The third-order valence-electron chi connectivity index (χ3n) is 1.50. The molecule has 1 rings (SSSR count). The molecular weight excluding hydrogens is 188 g/mol. The van der Waals surface area contributed by atoms with Crippen molar-refractivity contribution in [1.29, 1.82) is 0 Å². The molecule has 0 saturated carbocycles. The van der Waals surface area contributed by atoms with Gasteiger partial charge in [-0.3, -0.25) is 11.1 Å². The van der Waals surface area contributed by atoms with Gasteiger partial charge in [0.05, 0.1) is 0 Å². The maximum absolute atomic E-state index is 9.18. The lowest BCUT2D eigenvalue weighted by molar-refractivity contribution is -0.110. The summed E-state index contributed by atoms with van der Waals surface area (Å²) in [6.45, 7) is 1.80. The Bertz CT molecular complexity index is 352. The second kappa shape index (κ2) is 3.57. The van der Waals surface area contributed by atoms with Crippen LogP contribution in [-0.4, -0.2) is 15.4 Å². The van der Waals surface area contributed by atoms with E-state index in [1.54, 1.807) is 6.92 Å². The Hall–Kier alpha value is -1.36. The average Bonchev–Trinajstić information content (AvgIpc) is 1.99. The van der Waals surface area contributed by atoms with Gasteiger partial charge in [0.15, 0.2) is 11.5 Å². The van der Waals surface area contributed by atoms with Crippen molar-refractivity contribution in [3.8, 4) is 11.5 Å². The summed E-state index contributed by atoms with van der Waals surface area (Å²) in [5.41, 5.74) is 6.11. The minimum atomic E-state index is -0.172. The van der Waals surface area contributed by atoms with E-state index in [1.807, 2.05) is 0 Å². The predicted molar refractivity (Wildman–Crippen MR) is 51.5 cm³/mol. The molecule has 0 saturated heterocycles. The van der Waals surface area contributed by atoms with E-state index in [1.165, 1.54) is 12.1 Å². The number of nitrogens with two attached hydrogens (primary N) is 2. The maximum Gasteiger partial charge on any atom is 0.304 e. The zero-order chi connectivity index (χ0) is 10.0. The van der Waals surface area contributed by atoms with E-state index < -0.39 is 0 Å². The summed E-state index contributed by atoms with van der Waals surface area (Å²) in [6, 6.07) is 2.88. The van der Waals surface area contributed by atoms with Crippen molar-refractivity contribution in [3.63, 3.8) is 0 Å². The average molecular weight is 199 g/mol. The molecule has 1 aromatic carbocycles. The number of amidine groups is 1. The topological polar surface area (TPSA) is 92.1 Å². The van der Waals surface area contributed by atoms with Crippen LogP contribution in [0.15, 0.2) is 17.0 Å². The van der Waals surface area contributed by atoms with Gasteiger partial charge in [-0.25, -0.2) is 0 Å². The number of thioether (sulfide) groups is 1. The van der Waals surface area contributed by atoms with Crippen LogP contribution in [0.2, 0.25) is 0 Å². The van der Waals surface area contributed by atoms with Crippen molar-refractivity contribution in [3.05, 3.63) is 17.7 Å². The maximum atomic E-state index is 9.18. The van der Waals surface area contributed by atoms with Gasteiger partial charge in [0, 0.05) is 4.90 Å². The Morgan fingerprint density at radius 1 is 1.38 bits per heavy atom. The Balaban J connectivity index is 3.08. The van der Waals surface area contributed by atoms with Crippen LogP contribution in [0, 0.1) is 6.92 Å². The first-order chi connectivity index (χ1) is 6.00. The molecule has 0 aliphatic carbocycles. The van der Waals surface area contributed by atoms with Crippen LogP contribution in [0.3, 0.4) is 0 Å². The van der Waals surface area contributed by atoms with E-state index in [2.05, 4.69) is 0 Å². The highest BCUT2D eigenvalue weighted by molar-refractivity contribution is 8.13. The van der Waals surface area contributed by atoms with Crippen LogP contribution >= 0.6 is 11.8 Å². The highest BCUT2D eigenvalue weighted by atomic mass is 32.2. The first-order valence-corrected chi connectivity index (χ1v) is 4.40. The van der Waals surface area contributed by atoms with Crippen molar-refractivity contribution in [2.75, 3.05) is 0 Å². The lowest BCUT2D eigenvalue weighted by atomic mass is 10.2. The molecule has 0 spiro atoms. The molecule has 13 heavy (non-hydrogen) atoms. The SMILES string of the molecule is Cc1cc(O)c(O)cc1SC(N)=[NH2+]. The fourth-order valence-electron chi connectivity index (χ4n) is 0.899. The molecule has 0 unspecified atom stereocenters. The van der Waals surface area contributed by atoms with Crippen LogP contribution in [-0.2, 0) is 0 Å². The molecule has 0 fully saturated rings. The summed E-state index contributed by atoms with van der Waals surface area (Å²) in [5, 5.41) is 23.8. The molecule has 0 amide bonds. The second-order valence-corrected chi connectivity index (χ2v) is 3.73. The lowest BCUT2D eigenvalue weighted by Crippen LogP contribution is -2.43. The predicted octanol–water partition coefficient (Wildman–Crippen LogP) is -0.428. The molecule has 1 aromatic rings. The highest BCUT2D eigenvalue weighted by Gasteiger charge is 2.08. The van der Waals surface area contributed by atoms with E-state index in [0.717, 1.165) is 22.2 Å². The van der Waals surface area contributed by atoms with Crippen molar-refractivity contribution < 1.29 is 15.6 Å². The molecule has 4 nitrogen and oxygen atoms in total. The summed E-state index contributed by atoms with van der Waals surface area (Å²) < 4.78 is 0. The first kappa shape index (κ1) is 9.73. The van der Waals surface area contributed by atoms with Gasteiger partial charge in [0.2, 0.25) is 0 Å². The Morgan fingerprint density at radius 3 is 2.46 bits per heavy atom. The fourth-order valence-corrected chi connectivity index (χ4v) is 1.54. The van der Waals surface area contributed by atoms with Gasteiger partial charge in [-0.15, -0.1) is 0 Å². The fraction of sp³-hybridized carbons (Fsp3) is 0.125. The molecule has 5 heteroatoms. The monoisotopic (exact) mass is 199 g/mol. The molecule has 0 heterocycles. The summed E-state index contributed by atoms with van der Waals surface area (Å²) in [7, 11) is 0. The van der Waals surface area contributed by atoms with Crippen LogP contribution in [0.5, 0.6) is 11.5 Å². The van der Waals surface area contributed by atoms with Crippen LogP contribution < -0.4 is 11.1 Å². The van der Waals surface area contributed by atoms with Crippen molar-refractivity contribution in [1.82, 2.24) is 0 Å². The minimum absolute atomic E-state index is 0.141. The van der Waals surface area contributed by atoms with Gasteiger partial charge in [0.25, 0.3) is 0 Å². The van der Waals surface area contributed by atoms with Crippen LogP contribution in [0.25, 0.3) is 0 Å². The smallest absolute Gasteiger partial charge is 0.304 e. The van der Waals surface area contributed by atoms with Gasteiger partial charge < -0.3 is 10.2 Å². The molecule has 70 valence electrons. The van der Waals surface area contributed by atoms with E-state index >= 15 is 0 Å². The molecular formula is C8H11N2O2S+. The van der Waals surface area contributed by atoms with Gasteiger partial charge in [-0.1, -0.05) is 0 Å². The zero-order valence-corrected chi connectivity index (χ0v) is 7.93. The Kier molecular flexibility index (Phi) is 2.67. The number of aromatic hydroxyl groups is 2. The number of phenolic OH excluding ortho intramolecular Hbond substituents is 2. The van der Waals surface area contributed by atoms with Crippen LogP contribution in [0.4, 0.5) is 0 Å². The molecule has 0 atom stereocenters. The molecule has 0 aliphatic rings. The standard InChI is InChI=1S/C8H10N2O2S/c1-4-2-5(11)6(12)3-7(4)13-8(9)10/h2-3,11-12H,1H3,(H3,9,10)/p+1. The number of hydrogen-bond donors (Lipinski definition) is 4. The van der Waals surface area contributed by atoms with Crippen molar-refractivity contribution in [2.45, 2.75) is 11.8 Å². The largest absolute Gasteiger partial charge is 0.504 e. The third kappa shape index (κ3) is 2.29. The highest BCUT2D eigenvalue weighted by Crippen LogP contribution is 2.32. The van der Waals surface area contributed by atoms with Crippen molar-refractivity contribution in [2.24, 2.45) is 5.73 Å². The van der Waals surface area contributed by atoms with Crippen LogP contribution in [0.1, 0.15) is 5.56 Å². The van der Waals surface area contributed by atoms with E-state index in [0.29, 0.717) is 0 Å².